The van der Waals surface area contributed by atoms with Crippen LogP contribution in [-0.2, 0) is 0 Å². The van der Waals surface area contributed by atoms with Crippen LogP contribution < -0.4 is 22.1 Å². The monoisotopic (exact) mass is 284 g/mol. The molecule has 0 unspecified atom stereocenters. The molecule has 6 N–H and O–H groups in total. The van der Waals surface area contributed by atoms with Crippen molar-refractivity contribution in [3.05, 3.63) is 35.8 Å². The smallest absolute Gasteiger partial charge is 0.106 e. The van der Waals surface area contributed by atoms with Gasteiger partial charge < -0.3 is 22.1 Å². The van der Waals surface area contributed by atoms with Gasteiger partial charge in [-0.15, -0.1) is 0 Å². The van der Waals surface area contributed by atoms with Crippen molar-refractivity contribution < 1.29 is 0 Å². The molecule has 2 aliphatic carbocycles. The highest BCUT2D eigenvalue weighted by Gasteiger charge is 2.49. The molecule has 18 heavy (non-hydrogen) atoms. The molecule has 2 aliphatic rings. The largest absolute Gasteiger partial charge is 0.400 e. The normalized spacial score (nSPS) is 34.2. The van der Waals surface area contributed by atoms with Gasteiger partial charge in [-0.25, -0.2) is 0 Å². The Bertz CT molecular complexity index is 445. The summed E-state index contributed by atoms with van der Waals surface area (Å²) in [5.41, 5.74) is 14.0. The average Bonchev–Trinajstić information content (AvgIpc) is 3.17. The number of hydrogen-bond acceptors (Lipinski definition) is 6. The summed E-state index contributed by atoms with van der Waals surface area (Å²) in [6.07, 6.45) is 4.07. The molecule has 100 valence electrons. The zero-order chi connectivity index (χ0) is 13.6. The van der Waals surface area contributed by atoms with E-state index in [4.69, 9.17) is 11.5 Å². The van der Waals surface area contributed by atoms with Crippen molar-refractivity contribution in [2.45, 2.75) is 24.0 Å². The lowest BCUT2D eigenvalue weighted by Crippen LogP contribution is -2.44. The maximum atomic E-state index is 5.86. The number of nitrogens with one attached hydrogen (secondary N) is 2. The lowest BCUT2D eigenvalue weighted by Gasteiger charge is -2.24. The van der Waals surface area contributed by atoms with Gasteiger partial charge in [-0.1, -0.05) is 6.58 Å². The molecule has 0 saturated heterocycles. The van der Waals surface area contributed by atoms with E-state index >= 15 is 0 Å². The van der Waals surface area contributed by atoms with E-state index in [0.717, 1.165) is 17.1 Å². The zero-order valence-electron chi connectivity index (χ0n) is 10.4. The maximum Gasteiger partial charge on any atom is 0.106 e. The lowest BCUT2D eigenvalue weighted by molar-refractivity contribution is 0.551. The molecule has 0 heterocycles. The summed E-state index contributed by atoms with van der Waals surface area (Å²) >= 11 is 8.47. The fourth-order valence-electron chi connectivity index (χ4n) is 1.81. The van der Waals surface area contributed by atoms with E-state index in [1.165, 1.54) is 0 Å². The molecule has 0 aliphatic heterocycles. The Morgan fingerprint density at radius 3 is 2.56 bits per heavy atom. The van der Waals surface area contributed by atoms with Crippen LogP contribution in [0.4, 0.5) is 0 Å². The highest BCUT2D eigenvalue weighted by atomic mass is 32.1. The van der Waals surface area contributed by atoms with Crippen molar-refractivity contribution in [1.29, 1.82) is 0 Å². The number of hydrogen-bond donors (Lipinski definition) is 6. The Labute approximate surface area is 119 Å². The topological polar surface area (TPSA) is 76.1 Å². The van der Waals surface area contributed by atoms with Crippen LogP contribution in [-0.4, -0.2) is 28.6 Å². The predicted molar refractivity (Wildman–Crippen MR) is 82.6 cm³/mol. The van der Waals surface area contributed by atoms with Gasteiger partial charge in [-0.2, -0.15) is 25.3 Å². The first kappa shape index (κ1) is 13.7. The van der Waals surface area contributed by atoms with Gasteiger partial charge >= 0.3 is 0 Å². The molecule has 0 bridgehead atoms. The molecule has 0 aromatic rings. The molecule has 6 heteroatoms. The van der Waals surface area contributed by atoms with Gasteiger partial charge in [0, 0.05) is 28.6 Å². The van der Waals surface area contributed by atoms with E-state index in [1.54, 1.807) is 0 Å². The first-order valence-electron chi connectivity index (χ1n) is 5.81. The van der Waals surface area contributed by atoms with Gasteiger partial charge in [0.2, 0.25) is 0 Å². The number of nitrogens with two attached hydrogens (primary N) is 2. The summed E-state index contributed by atoms with van der Waals surface area (Å²) in [6, 6.07) is -0.150. The first-order valence-corrected chi connectivity index (χ1v) is 7.08. The molecule has 0 radical (unpaired) electrons. The third-order valence-corrected chi connectivity index (χ3v) is 4.31. The molecular formula is C12H20N4S2. The van der Waals surface area contributed by atoms with Gasteiger partial charge in [0.1, 0.15) is 5.54 Å². The van der Waals surface area contributed by atoms with Gasteiger partial charge in [0.25, 0.3) is 0 Å². The van der Waals surface area contributed by atoms with E-state index in [0.29, 0.717) is 11.5 Å². The second-order valence-corrected chi connectivity index (χ2v) is 5.74. The molecule has 0 spiro atoms. The molecule has 0 amide bonds. The van der Waals surface area contributed by atoms with Crippen LogP contribution in [0.15, 0.2) is 35.8 Å². The third-order valence-electron chi connectivity index (χ3n) is 3.41. The molecule has 0 saturated carbocycles. The van der Waals surface area contributed by atoms with Crippen molar-refractivity contribution in [3.8, 4) is 0 Å². The van der Waals surface area contributed by atoms with E-state index in [1.807, 2.05) is 6.08 Å². The average molecular weight is 284 g/mol. The summed E-state index contributed by atoms with van der Waals surface area (Å²) in [5, 5.41) is 6.71. The fraction of sp³-hybridized carbons (Fsp3) is 0.500. The Morgan fingerprint density at radius 2 is 2.11 bits per heavy atom. The first-order chi connectivity index (χ1) is 8.37. The second kappa shape index (κ2) is 4.43. The summed E-state index contributed by atoms with van der Waals surface area (Å²) < 4.78 is 0. The summed E-state index contributed by atoms with van der Waals surface area (Å²) in [4.78, 5) is 0. The Kier molecular flexibility index (Phi) is 3.38. The Morgan fingerprint density at radius 1 is 1.50 bits per heavy atom. The molecule has 0 aromatic carbocycles. The molecule has 0 aromatic heterocycles. The molecule has 2 rings (SSSR count). The van der Waals surface area contributed by atoms with Gasteiger partial charge in [-0.3, -0.25) is 0 Å². The molecule has 3 atom stereocenters. The van der Waals surface area contributed by atoms with Crippen molar-refractivity contribution in [1.82, 2.24) is 10.6 Å². The van der Waals surface area contributed by atoms with Crippen LogP contribution in [0.3, 0.4) is 0 Å². The van der Waals surface area contributed by atoms with Crippen molar-refractivity contribution >= 4 is 25.3 Å². The Hall–Kier alpha value is -0.720. The van der Waals surface area contributed by atoms with Crippen LogP contribution in [0, 0.1) is 0 Å². The molecule has 0 fully saturated rings. The molecule has 4 nitrogen and oxygen atoms in total. The minimum Gasteiger partial charge on any atom is -0.400 e. The highest BCUT2D eigenvalue weighted by molar-refractivity contribution is 7.80. The van der Waals surface area contributed by atoms with Crippen LogP contribution in [0.5, 0.6) is 0 Å². The second-order valence-electron chi connectivity index (χ2n) is 5.05. The summed E-state index contributed by atoms with van der Waals surface area (Å²) in [7, 11) is 0. The van der Waals surface area contributed by atoms with E-state index in [2.05, 4.69) is 55.5 Å². The minimum absolute atomic E-state index is 0.150. The number of thiol groups is 2. The van der Waals surface area contributed by atoms with Crippen LogP contribution >= 0.6 is 25.3 Å². The van der Waals surface area contributed by atoms with E-state index < -0.39 is 0 Å². The lowest BCUT2D eigenvalue weighted by atomic mass is 10.1. The van der Waals surface area contributed by atoms with Crippen molar-refractivity contribution in [3.63, 3.8) is 0 Å². The van der Waals surface area contributed by atoms with E-state index in [9.17, 15) is 0 Å². The minimum atomic E-state index is -0.235. The predicted octanol–water partition coefficient (Wildman–Crippen LogP) is 0.117. The maximum absolute atomic E-state index is 5.86. The van der Waals surface area contributed by atoms with Crippen LogP contribution in [0.25, 0.3) is 0 Å². The third kappa shape index (κ3) is 2.37. The van der Waals surface area contributed by atoms with Gasteiger partial charge in [0.15, 0.2) is 0 Å². The van der Waals surface area contributed by atoms with Gasteiger partial charge in [-0.05, 0) is 19.1 Å². The van der Waals surface area contributed by atoms with E-state index in [-0.39, 0.29) is 17.1 Å². The quantitative estimate of drug-likeness (QED) is 0.376. The summed E-state index contributed by atoms with van der Waals surface area (Å²) in [5.74, 6) is 1.23. The van der Waals surface area contributed by atoms with Crippen LogP contribution in [0.2, 0.25) is 0 Å². The zero-order valence-corrected chi connectivity index (χ0v) is 12.2. The SMILES string of the molecule is C=C(N[C@]1(C)C=C1N[C@@]1(CS)C=C1N)[C@@H](N)CS. The van der Waals surface area contributed by atoms with Gasteiger partial charge in [0.05, 0.1) is 11.6 Å². The Balaban J connectivity index is 1.86. The van der Waals surface area contributed by atoms with Crippen LogP contribution in [0.1, 0.15) is 6.92 Å². The fourth-order valence-corrected chi connectivity index (χ4v) is 2.39. The van der Waals surface area contributed by atoms with Crippen molar-refractivity contribution in [2.24, 2.45) is 11.5 Å². The summed E-state index contributed by atoms with van der Waals surface area (Å²) in [6.45, 7) is 6.00. The van der Waals surface area contributed by atoms with Crippen molar-refractivity contribution in [2.75, 3.05) is 11.5 Å². The highest BCUT2D eigenvalue weighted by Crippen LogP contribution is 2.40. The number of rotatable bonds is 7. The molecular weight excluding hydrogens is 264 g/mol. The standard InChI is InChI=1S/C12H20N4S2/c1-7(8(13)5-17)15-11(2)4-10(11)16-12(6-18)3-9(12)14/h3-4,8,15-18H,1,5-6,13-14H2,2H3/t8-,11+,12+/m0/s1.